The van der Waals surface area contributed by atoms with E-state index in [-0.39, 0.29) is 11.9 Å². The van der Waals surface area contributed by atoms with E-state index in [1.165, 1.54) is 5.56 Å². The van der Waals surface area contributed by atoms with Crippen molar-refractivity contribution < 1.29 is 9.53 Å². The highest BCUT2D eigenvalue weighted by atomic mass is 35.5. The zero-order chi connectivity index (χ0) is 16.1. The monoisotopic (exact) mass is 350 g/mol. The van der Waals surface area contributed by atoms with Gasteiger partial charge in [-0.2, -0.15) is 11.3 Å². The lowest BCUT2D eigenvalue weighted by atomic mass is 10.1. The summed E-state index contributed by atoms with van der Waals surface area (Å²) in [5, 5.41) is 7.90. The fourth-order valence-corrected chi connectivity index (χ4v) is 3.54. The standard InChI is InChI=1S/C17H19ClN2O2S/c18-15-3-1-13(2-4-15)17(21)19-11-16(14-5-10-23-12-14)20-6-8-22-9-7-20/h1-5,10,12,16H,6-9,11H2,(H,19,21)/t16-/m0/s1. The summed E-state index contributed by atoms with van der Waals surface area (Å²) < 4.78 is 5.43. The topological polar surface area (TPSA) is 41.6 Å². The predicted octanol–water partition coefficient (Wildman–Crippen LogP) is 3.20. The molecule has 2 heterocycles. The summed E-state index contributed by atoms with van der Waals surface area (Å²) >= 11 is 7.54. The molecule has 0 bridgehead atoms. The maximum atomic E-state index is 12.3. The Kier molecular flexibility index (Phi) is 5.67. The third-order valence-electron chi connectivity index (χ3n) is 3.98. The van der Waals surface area contributed by atoms with Gasteiger partial charge in [-0.05, 0) is 46.7 Å². The van der Waals surface area contributed by atoms with E-state index in [4.69, 9.17) is 16.3 Å². The van der Waals surface area contributed by atoms with Gasteiger partial charge in [0.15, 0.2) is 0 Å². The minimum atomic E-state index is -0.0739. The summed E-state index contributed by atoms with van der Waals surface area (Å²) in [6.07, 6.45) is 0. The van der Waals surface area contributed by atoms with Crippen molar-refractivity contribution >= 4 is 28.8 Å². The van der Waals surface area contributed by atoms with Gasteiger partial charge in [-0.1, -0.05) is 11.6 Å². The maximum Gasteiger partial charge on any atom is 0.251 e. The van der Waals surface area contributed by atoms with E-state index >= 15 is 0 Å². The summed E-state index contributed by atoms with van der Waals surface area (Å²) in [5.74, 6) is -0.0739. The molecule has 1 aromatic carbocycles. The Morgan fingerprint density at radius 3 is 2.65 bits per heavy atom. The lowest BCUT2D eigenvalue weighted by Crippen LogP contribution is -2.43. The Hall–Kier alpha value is -1.40. The number of carbonyl (C=O) groups excluding carboxylic acids is 1. The van der Waals surface area contributed by atoms with Gasteiger partial charge >= 0.3 is 0 Å². The minimum absolute atomic E-state index is 0.0739. The van der Waals surface area contributed by atoms with Crippen molar-refractivity contribution in [3.63, 3.8) is 0 Å². The number of hydrogen-bond acceptors (Lipinski definition) is 4. The molecular weight excluding hydrogens is 332 g/mol. The molecule has 0 spiro atoms. The molecule has 0 unspecified atom stereocenters. The molecule has 2 aromatic rings. The second-order valence-electron chi connectivity index (χ2n) is 5.44. The first-order valence-corrected chi connectivity index (χ1v) is 8.94. The van der Waals surface area contributed by atoms with E-state index in [0.717, 1.165) is 26.3 Å². The lowest BCUT2D eigenvalue weighted by Gasteiger charge is -2.34. The van der Waals surface area contributed by atoms with Crippen LogP contribution in [0.15, 0.2) is 41.1 Å². The van der Waals surface area contributed by atoms with Gasteiger partial charge in [-0.25, -0.2) is 0 Å². The van der Waals surface area contributed by atoms with E-state index in [9.17, 15) is 4.79 Å². The van der Waals surface area contributed by atoms with Crippen LogP contribution in [0.4, 0.5) is 0 Å². The van der Waals surface area contributed by atoms with Crippen LogP contribution in [0.25, 0.3) is 0 Å². The van der Waals surface area contributed by atoms with Crippen LogP contribution in [0.3, 0.4) is 0 Å². The number of hydrogen-bond donors (Lipinski definition) is 1. The SMILES string of the molecule is O=C(NC[C@@H](c1ccsc1)N1CCOCC1)c1ccc(Cl)cc1. The minimum Gasteiger partial charge on any atom is -0.379 e. The zero-order valence-corrected chi connectivity index (χ0v) is 14.3. The molecule has 122 valence electrons. The van der Waals surface area contributed by atoms with Gasteiger partial charge in [-0.15, -0.1) is 0 Å². The van der Waals surface area contributed by atoms with Crippen LogP contribution in [0.5, 0.6) is 0 Å². The second-order valence-corrected chi connectivity index (χ2v) is 6.65. The molecule has 0 saturated carbocycles. The summed E-state index contributed by atoms with van der Waals surface area (Å²) in [6.45, 7) is 3.84. The van der Waals surface area contributed by atoms with E-state index in [0.29, 0.717) is 17.1 Å². The number of carbonyl (C=O) groups is 1. The number of nitrogens with zero attached hydrogens (tertiary/aromatic N) is 1. The summed E-state index contributed by atoms with van der Waals surface area (Å²) in [7, 11) is 0. The summed E-state index contributed by atoms with van der Waals surface area (Å²) in [6, 6.07) is 9.25. The summed E-state index contributed by atoms with van der Waals surface area (Å²) in [5.41, 5.74) is 1.87. The molecule has 1 atom stereocenters. The van der Waals surface area contributed by atoms with Crippen LogP contribution in [-0.2, 0) is 4.74 Å². The molecule has 4 nitrogen and oxygen atoms in total. The molecule has 1 amide bonds. The smallest absolute Gasteiger partial charge is 0.251 e. The average molecular weight is 351 g/mol. The number of nitrogens with one attached hydrogen (secondary N) is 1. The van der Waals surface area contributed by atoms with Gasteiger partial charge in [0, 0.05) is 30.2 Å². The highest BCUT2D eigenvalue weighted by Gasteiger charge is 2.23. The molecule has 1 aliphatic rings. The van der Waals surface area contributed by atoms with Gasteiger partial charge in [0.1, 0.15) is 0 Å². The molecule has 0 radical (unpaired) electrons. The molecular formula is C17H19ClN2O2S. The Bertz CT molecular complexity index is 625. The van der Waals surface area contributed by atoms with Crippen LogP contribution < -0.4 is 5.32 Å². The normalized spacial score (nSPS) is 16.9. The molecule has 1 N–H and O–H groups in total. The maximum absolute atomic E-state index is 12.3. The first kappa shape index (κ1) is 16.5. The summed E-state index contributed by atoms with van der Waals surface area (Å²) in [4.78, 5) is 14.7. The Balaban J connectivity index is 1.66. The predicted molar refractivity (Wildman–Crippen MR) is 93.2 cm³/mol. The number of morpholine rings is 1. The van der Waals surface area contributed by atoms with Crippen molar-refractivity contribution in [3.8, 4) is 0 Å². The van der Waals surface area contributed by atoms with E-state index < -0.39 is 0 Å². The first-order valence-electron chi connectivity index (χ1n) is 7.62. The van der Waals surface area contributed by atoms with Gasteiger partial charge in [-0.3, -0.25) is 9.69 Å². The van der Waals surface area contributed by atoms with Crippen LogP contribution in [0.2, 0.25) is 5.02 Å². The third-order valence-corrected chi connectivity index (χ3v) is 4.93. The van der Waals surface area contributed by atoms with E-state index in [1.54, 1.807) is 35.6 Å². The van der Waals surface area contributed by atoms with Crippen molar-refractivity contribution in [2.24, 2.45) is 0 Å². The number of rotatable bonds is 5. The number of thiophene rings is 1. The van der Waals surface area contributed by atoms with Gasteiger partial charge in [0.2, 0.25) is 0 Å². The Labute approximate surface area is 145 Å². The van der Waals surface area contributed by atoms with Gasteiger partial charge in [0.05, 0.1) is 19.3 Å². The molecule has 3 rings (SSSR count). The fourth-order valence-electron chi connectivity index (χ4n) is 2.70. The lowest BCUT2D eigenvalue weighted by molar-refractivity contribution is 0.0163. The number of ether oxygens (including phenoxy) is 1. The molecule has 6 heteroatoms. The van der Waals surface area contributed by atoms with Crippen LogP contribution in [0.1, 0.15) is 22.0 Å². The van der Waals surface area contributed by atoms with Crippen LogP contribution in [0, 0.1) is 0 Å². The molecule has 1 aromatic heterocycles. The van der Waals surface area contributed by atoms with Gasteiger partial charge in [0.25, 0.3) is 5.91 Å². The Morgan fingerprint density at radius 1 is 1.26 bits per heavy atom. The Morgan fingerprint density at radius 2 is 2.00 bits per heavy atom. The van der Waals surface area contributed by atoms with Crippen molar-refractivity contribution in [3.05, 3.63) is 57.2 Å². The van der Waals surface area contributed by atoms with Crippen molar-refractivity contribution in [2.45, 2.75) is 6.04 Å². The van der Waals surface area contributed by atoms with Crippen molar-refractivity contribution in [1.29, 1.82) is 0 Å². The fraction of sp³-hybridized carbons (Fsp3) is 0.353. The average Bonchev–Trinajstić information content (AvgIpc) is 3.11. The van der Waals surface area contributed by atoms with Crippen molar-refractivity contribution in [2.75, 3.05) is 32.8 Å². The van der Waals surface area contributed by atoms with Crippen LogP contribution in [-0.4, -0.2) is 43.7 Å². The number of halogens is 1. The highest BCUT2D eigenvalue weighted by molar-refractivity contribution is 7.07. The quantitative estimate of drug-likeness (QED) is 0.900. The largest absolute Gasteiger partial charge is 0.379 e. The van der Waals surface area contributed by atoms with Crippen LogP contribution >= 0.6 is 22.9 Å². The van der Waals surface area contributed by atoms with E-state index in [1.807, 2.05) is 0 Å². The molecule has 23 heavy (non-hydrogen) atoms. The number of amides is 1. The molecule has 1 aliphatic heterocycles. The van der Waals surface area contributed by atoms with Gasteiger partial charge < -0.3 is 10.1 Å². The van der Waals surface area contributed by atoms with Crippen molar-refractivity contribution in [1.82, 2.24) is 10.2 Å². The second kappa shape index (κ2) is 7.93. The first-order chi connectivity index (χ1) is 11.2. The zero-order valence-electron chi connectivity index (χ0n) is 12.7. The molecule has 1 saturated heterocycles. The highest BCUT2D eigenvalue weighted by Crippen LogP contribution is 2.23. The van der Waals surface area contributed by atoms with E-state index in [2.05, 4.69) is 27.0 Å². The molecule has 1 fully saturated rings. The molecule has 0 aliphatic carbocycles. The number of benzene rings is 1. The third kappa shape index (κ3) is 4.32.